The van der Waals surface area contributed by atoms with E-state index in [1.165, 1.54) is 0 Å². The number of benzene rings is 1. The van der Waals surface area contributed by atoms with Crippen LogP contribution in [0.15, 0.2) is 60.0 Å². The van der Waals surface area contributed by atoms with Crippen LogP contribution in [0.2, 0.25) is 0 Å². The minimum absolute atomic E-state index is 0.438. The average Bonchev–Trinajstić information content (AvgIpc) is 3.05. The van der Waals surface area contributed by atoms with Crippen molar-refractivity contribution in [3.8, 4) is 11.5 Å². The van der Waals surface area contributed by atoms with Crippen LogP contribution in [0.1, 0.15) is 22.7 Å². The van der Waals surface area contributed by atoms with Gasteiger partial charge in [-0.3, -0.25) is 9.78 Å². The molecule has 150 valence electrons. The van der Waals surface area contributed by atoms with Gasteiger partial charge in [-0.05, 0) is 48.4 Å². The number of aryl methyl sites for hydroxylation is 1. The molecule has 4 heterocycles. The number of nitrogens with one attached hydrogen (secondary N) is 2. The number of thioether (sulfide) groups is 1. The second-order valence-electron chi connectivity index (χ2n) is 7.02. The smallest absolute Gasteiger partial charge is 0.327 e. The molecule has 2 amide bonds. The molecule has 3 N–H and O–H groups in total. The van der Waals surface area contributed by atoms with Gasteiger partial charge in [0.1, 0.15) is 16.5 Å². The fourth-order valence-corrected chi connectivity index (χ4v) is 5.43. The van der Waals surface area contributed by atoms with E-state index in [-0.39, 0.29) is 0 Å². The van der Waals surface area contributed by atoms with Crippen molar-refractivity contribution >= 4 is 29.4 Å². The van der Waals surface area contributed by atoms with Crippen LogP contribution in [0, 0.1) is 6.92 Å². The third-order valence-corrected chi connectivity index (χ3v) is 6.69. The maximum Gasteiger partial charge on any atom is 0.327 e. The number of amides is 2. The highest BCUT2D eigenvalue weighted by Gasteiger charge is 2.58. The van der Waals surface area contributed by atoms with Gasteiger partial charge < -0.3 is 20.5 Å². The molecule has 2 atom stereocenters. The first-order valence-electron chi connectivity index (χ1n) is 9.17. The van der Waals surface area contributed by atoms with Crippen molar-refractivity contribution in [2.24, 2.45) is 0 Å². The van der Waals surface area contributed by atoms with Gasteiger partial charge in [-0.15, -0.1) is 0 Å². The van der Waals surface area contributed by atoms with Crippen LogP contribution >= 0.6 is 11.8 Å². The molecular weight excluding hydrogens is 404 g/mol. The molecule has 0 saturated heterocycles. The molecule has 2 aliphatic rings. The lowest BCUT2D eigenvalue weighted by Crippen LogP contribution is -2.48. The molecule has 2 aliphatic heterocycles. The van der Waals surface area contributed by atoms with Crippen LogP contribution < -0.4 is 15.4 Å². The first kappa shape index (κ1) is 18.4. The summed E-state index contributed by atoms with van der Waals surface area (Å²) < 4.78 is 4.38. The molecule has 5 rings (SSSR count). The summed E-state index contributed by atoms with van der Waals surface area (Å²) in [6.45, 7) is 1.83. The molecule has 0 bridgehead atoms. The number of carbonyl (C=O) groups excluding carboxylic acids is 1. The van der Waals surface area contributed by atoms with E-state index in [0.717, 1.165) is 17.3 Å². The summed E-state index contributed by atoms with van der Waals surface area (Å²) in [7, 11) is 0. The maximum atomic E-state index is 12.7. The molecular formula is C21H16N4O4S. The zero-order chi connectivity index (χ0) is 20.9. The molecule has 9 heteroatoms. The van der Waals surface area contributed by atoms with E-state index < -0.39 is 22.8 Å². The highest BCUT2D eigenvalue weighted by molar-refractivity contribution is 8.01. The van der Waals surface area contributed by atoms with Gasteiger partial charge in [-0.1, -0.05) is 17.8 Å². The lowest BCUT2D eigenvalue weighted by Gasteiger charge is -2.35. The third-order valence-electron chi connectivity index (χ3n) is 5.22. The Bertz CT molecular complexity index is 1190. The summed E-state index contributed by atoms with van der Waals surface area (Å²) in [6, 6.07) is 9.29. The number of rotatable bonds is 4. The fourth-order valence-electron chi connectivity index (χ4n) is 3.95. The van der Waals surface area contributed by atoms with Gasteiger partial charge in [-0.2, -0.15) is 0 Å². The molecule has 2 unspecified atom stereocenters. The number of pyridine rings is 2. The van der Waals surface area contributed by atoms with Gasteiger partial charge in [0.15, 0.2) is 4.75 Å². The van der Waals surface area contributed by atoms with E-state index in [1.54, 1.807) is 55.0 Å². The summed E-state index contributed by atoms with van der Waals surface area (Å²) in [5.74, 6) is 0.103. The highest BCUT2D eigenvalue weighted by Crippen LogP contribution is 2.60. The Morgan fingerprint density at radius 3 is 2.83 bits per heavy atom. The number of hydrogen-bond acceptors (Lipinski definition) is 6. The van der Waals surface area contributed by atoms with Crippen molar-refractivity contribution < 1.29 is 19.4 Å². The largest absolute Gasteiger partial charge is 0.480 e. The molecule has 0 radical (unpaired) electrons. The Balaban J connectivity index is 1.60. The van der Waals surface area contributed by atoms with E-state index in [0.29, 0.717) is 33.3 Å². The van der Waals surface area contributed by atoms with Crippen LogP contribution in [0.4, 0.5) is 10.5 Å². The van der Waals surface area contributed by atoms with Crippen molar-refractivity contribution in [3.05, 3.63) is 71.7 Å². The normalized spacial score (nSPS) is 21.4. The Morgan fingerprint density at radius 2 is 2.10 bits per heavy atom. The molecule has 30 heavy (non-hydrogen) atoms. The lowest BCUT2D eigenvalue weighted by molar-refractivity contribution is -0.141. The van der Waals surface area contributed by atoms with Crippen LogP contribution in [0.25, 0.3) is 0 Å². The number of carboxylic acids is 1. The second-order valence-corrected chi connectivity index (χ2v) is 8.25. The zero-order valence-corrected chi connectivity index (χ0v) is 16.6. The fraction of sp³-hybridized carbons (Fsp3) is 0.143. The van der Waals surface area contributed by atoms with E-state index in [2.05, 4.69) is 20.6 Å². The topological polar surface area (TPSA) is 113 Å². The number of nitrogens with zero attached hydrogens (tertiary/aromatic N) is 2. The SMILES string of the molecule is Cc1cc(Oc2cccnc2)ccc1C1(C(=O)O)Sc2nccc3c2C1NC(=O)N3. The molecule has 2 aromatic heterocycles. The van der Waals surface area contributed by atoms with Crippen molar-refractivity contribution in [1.82, 2.24) is 15.3 Å². The zero-order valence-electron chi connectivity index (χ0n) is 15.7. The van der Waals surface area contributed by atoms with Gasteiger partial charge >= 0.3 is 12.0 Å². The van der Waals surface area contributed by atoms with Crippen LogP contribution in [0.5, 0.6) is 11.5 Å². The van der Waals surface area contributed by atoms with Crippen molar-refractivity contribution in [2.45, 2.75) is 22.7 Å². The molecule has 1 aromatic carbocycles. The van der Waals surface area contributed by atoms with Crippen molar-refractivity contribution in [2.75, 3.05) is 5.32 Å². The molecule has 3 aromatic rings. The Hall–Kier alpha value is -3.59. The average molecular weight is 420 g/mol. The summed E-state index contributed by atoms with van der Waals surface area (Å²) in [6.07, 6.45) is 4.82. The maximum absolute atomic E-state index is 12.7. The summed E-state index contributed by atoms with van der Waals surface area (Å²) in [5.41, 5.74) is 2.58. The number of carbonyl (C=O) groups is 2. The van der Waals surface area contributed by atoms with E-state index in [4.69, 9.17) is 4.74 Å². The molecule has 0 spiro atoms. The number of carboxylic acid groups (broad SMARTS) is 1. The highest BCUT2D eigenvalue weighted by atomic mass is 32.2. The molecule has 0 fully saturated rings. The minimum atomic E-state index is -1.44. The predicted octanol–water partition coefficient (Wildman–Crippen LogP) is 3.84. The standard InChI is InChI=1S/C21H16N4O4S/c1-11-9-12(29-13-3-2-7-22-10-13)4-5-14(11)21(19(26)27)17-16-15(24-20(28)25-17)6-8-23-18(16)30-21/h2-10,17H,1H3,(H,26,27)(H2,24,25,28). The quantitative estimate of drug-likeness (QED) is 0.588. The monoisotopic (exact) mass is 420 g/mol. The first-order valence-corrected chi connectivity index (χ1v) is 9.98. The number of aromatic nitrogens is 2. The number of ether oxygens (including phenoxy) is 1. The van der Waals surface area contributed by atoms with E-state index >= 15 is 0 Å². The Kier molecular flexibility index (Phi) is 4.14. The lowest BCUT2D eigenvalue weighted by atomic mass is 9.83. The number of aliphatic carboxylic acids is 1. The van der Waals surface area contributed by atoms with Crippen molar-refractivity contribution in [3.63, 3.8) is 0 Å². The predicted molar refractivity (Wildman–Crippen MR) is 110 cm³/mol. The van der Waals surface area contributed by atoms with Crippen LogP contribution in [0.3, 0.4) is 0 Å². The Labute approximate surface area is 175 Å². The molecule has 0 saturated carbocycles. The summed E-state index contributed by atoms with van der Waals surface area (Å²) >= 11 is 1.14. The van der Waals surface area contributed by atoms with Crippen LogP contribution in [-0.4, -0.2) is 27.1 Å². The van der Waals surface area contributed by atoms with Crippen LogP contribution in [-0.2, 0) is 9.54 Å². The van der Waals surface area contributed by atoms with E-state index in [9.17, 15) is 14.7 Å². The first-order chi connectivity index (χ1) is 14.5. The minimum Gasteiger partial charge on any atom is -0.480 e. The number of hydrogen-bond donors (Lipinski definition) is 3. The Morgan fingerprint density at radius 1 is 1.23 bits per heavy atom. The molecule has 0 aliphatic carbocycles. The van der Waals surface area contributed by atoms with Gasteiger partial charge in [0.2, 0.25) is 0 Å². The second kappa shape index (κ2) is 6.74. The van der Waals surface area contributed by atoms with Gasteiger partial charge in [0.05, 0.1) is 17.9 Å². The number of urea groups is 1. The third kappa shape index (κ3) is 2.70. The van der Waals surface area contributed by atoms with Gasteiger partial charge in [-0.25, -0.2) is 9.78 Å². The van der Waals surface area contributed by atoms with E-state index in [1.807, 2.05) is 6.92 Å². The summed E-state index contributed by atoms with van der Waals surface area (Å²) in [4.78, 5) is 33.3. The summed E-state index contributed by atoms with van der Waals surface area (Å²) in [5, 5.41) is 16.5. The van der Waals surface area contributed by atoms with Crippen molar-refractivity contribution in [1.29, 1.82) is 0 Å². The van der Waals surface area contributed by atoms with Gasteiger partial charge in [0, 0.05) is 18.0 Å². The molecule has 8 nitrogen and oxygen atoms in total. The van der Waals surface area contributed by atoms with Gasteiger partial charge in [0.25, 0.3) is 0 Å². The number of anilines is 1.